The summed E-state index contributed by atoms with van der Waals surface area (Å²) in [4.78, 5) is 17.4. The summed E-state index contributed by atoms with van der Waals surface area (Å²) in [5.41, 5.74) is 5.58. The third-order valence-corrected chi connectivity index (χ3v) is 5.88. The van der Waals surface area contributed by atoms with Crippen molar-refractivity contribution >= 4 is 5.91 Å². The number of amides is 1. The van der Waals surface area contributed by atoms with E-state index >= 15 is 0 Å². The summed E-state index contributed by atoms with van der Waals surface area (Å²) < 4.78 is 18.6. The zero-order valence-corrected chi connectivity index (χ0v) is 21.4. The summed E-state index contributed by atoms with van der Waals surface area (Å²) in [6.07, 6.45) is 1.54. The van der Waals surface area contributed by atoms with Gasteiger partial charge in [-0.05, 0) is 78.9 Å². The normalized spacial score (nSPS) is 11.0. The van der Waals surface area contributed by atoms with Gasteiger partial charge in [-0.2, -0.15) is 5.26 Å². The van der Waals surface area contributed by atoms with Crippen LogP contribution in [0.2, 0.25) is 0 Å². The van der Waals surface area contributed by atoms with E-state index in [1.165, 1.54) is 30.9 Å². The number of nitrogens with one attached hydrogen (secondary N) is 1. The molecular weight excluding hydrogens is 441 g/mol. The Morgan fingerprint density at radius 1 is 1.17 bits per heavy atom. The van der Waals surface area contributed by atoms with Crippen LogP contribution in [-0.2, 0) is 6.42 Å². The highest BCUT2D eigenvalue weighted by Crippen LogP contribution is 2.30. The molecule has 35 heavy (non-hydrogen) atoms. The van der Waals surface area contributed by atoms with Crippen LogP contribution in [0.5, 0.6) is 5.75 Å². The number of halogens is 1. The minimum Gasteiger partial charge on any atom is -0.495 e. The van der Waals surface area contributed by atoms with Gasteiger partial charge in [0, 0.05) is 29.8 Å². The molecule has 1 N–H and O–H groups in total. The highest BCUT2D eigenvalue weighted by molar-refractivity contribution is 5.94. The minimum atomic E-state index is -0.282. The molecule has 0 saturated carbocycles. The Kier molecular flexibility index (Phi) is 10.4. The van der Waals surface area contributed by atoms with E-state index < -0.39 is 0 Å². The first-order valence-corrected chi connectivity index (χ1v) is 12.0. The number of nitriles is 1. The standard InChI is InChI=1S/C27H28FN3O2.C2H6/c1-5-17(2)24-15-23(31-26(18(24)3)19-6-9-22(28)10-7-19)12-13-30-27(32)20-8-11-25(33-4)21(14-20)16-29;1-2/h6-11,14-15,17H,5,12-13H2,1-4H3,(H,30,32);1-2H3. The van der Waals surface area contributed by atoms with Crippen molar-refractivity contribution in [3.8, 4) is 23.1 Å². The van der Waals surface area contributed by atoms with E-state index in [9.17, 15) is 14.4 Å². The van der Waals surface area contributed by atoms with Crippen molar-refractivity contribution in [1.29, 1.82) is 5.26 Å². The monoisotopic (exact) mass is 475 g/mol. The van der Waals surface area contributed by atoms with Gasteiger partial charge in [-0.1, -0.05) is 27.7 Å². The van der Waals surface area contributed by atoms with E-state index in [1.54, 1.807) is 24.3 Å². The third kappa shape index (κ3) is 6.89. The lowest BCUT2D eigenvalue weighted by atomic mass is 9.91. The molecule has 6 heteroatoms. The first-order chi connectivity index (χ1) is 16.9. The molecule has 184 valence electrons. The summed E-state index contributed by atoms with van der Waals surface area (Å²) in [6, 6.07) is 15.3. The van der Waals surface area contributed by atoms with Gasteiger partial charge in [0.1, 0.15) is 17.6 Å². The van der Waals surface area contributed by atoms with Gasteiger partial charge in [-0.25, -0.2) is 4.39 Å². The summed E-state index contributed by atoms with van der Waals surface area (Å²) in [5.74, 6) is 0.241. The number of pyridine rings is 1. The Morgan fingerprint density at radius 3 is 2.46 bits per heavy atom. The second kappa shape index (κ2) is 13.2. The maximum Gasteiger partial charge on any atom is 0.251 e. The van der Waals surface area contributed by atoms with Crippen LogP contribution in [0.15, 0.2) is 48.5 Å². The van der Waals surface area contributed by atoms with Crippen molar-refractivity contribution in [2.75, 3.05) is 13.7 Å². The quantitative estimate of drug-likeness (QED) is 0.399. The van der Waals surface area contributed by atoms with E-state index in [0.29, 0.717) is 35.8 Å². The van der Waals surface area contributed by atoms with E-state index in [2.05, 4.69) is 32.2 Å². The van der Waals surface area contributed by atoms with Crippen LogP contribution >= 0.6 is 0 Å². The number of benzene rings is 2. The van der Waals surface area contributed by atoms with Crippen LogP contribution in [-0.4, -0.2) is 24.5 Å². The van der Waals surface area contributed by atoms with Gasteiger partial charge < -0.3 is 10.1 Å². The van der Waals surface area contributed by atoms with Gasteiger partial charge in [0.05, 0.1) is 18.4 Å². The Labute approximate surface area is 208 Å². The molecule has 0 spiro atoms. The molecule has 0 fully saturated rings. The molecule has 1 heterocycles. The lowest BCUT2D eigenvalue weighted by molar-refractivity contribution is 0.0954. The summed E-state index contributed by atoms with van der Waals surface area (Å²) >= 11 is 0. The SMILES string of the molecule is CC.CCC(C)c1cc(CCNC(=O)c2ccc(OC)c(C#N)c2)nc(-c2ccc(F)cc2)c1C. The Morgan fingerprint density at radius 2 is 1.86 bits per heavy atom. The average Bonchev–Trinajstić information content (AvgIpc) is 2.90. The molecule has 0 aliphatic heterocycles. The van der Waals surface area contributed by atoms with Crippen molar-refractivity contribution in [2.24, 2.45) is 0 Å². The van der Waals surface area contributed by atoms with Crippen molar-refractivity contribution < 1.29 is 13.9 Å². The van der Waals surface area contributed by atoms with Crippen molar-refractivity contribution in [2.45, 2.75) is 53.4 Å². The molecule has 0 radical (unpaired) electrons. The summed E-state index contributed by atoms with van der Waals surface area (Å²) in [6.45, 7) is 10.8. The predicted molar refractivity (Wildman–Crippen MR) is 138 cm³/mol. The van der Waals surface area contributed by atoms with Crippen LogP contribution in [0.3, 0.4) is 0 Å². The number of carbonyl (C=O) groups is 1. The average molecular weight is 476 g/mol. The highest BCUT2D eigenvalue weighted by atomic mass is 19.1. The number of methoxy groups -OCH3 is 1. The van der Waals surface area contributed by atoms with Gasteiger partial charge in [-0.3, -0.25) is 9.78 Å². The lowest BCUT2D eigenvalue weighted by Gasteiger charge is -2.18. The molecule has 1 unspecified atom stereocenters. The van der Waals surface area contributed by atoms with Gasteiger partial charge in [0.2, 0.25) is 0 Å². The Balaban J connectivity index is 0.00000210. The number of nitrogens with zero attached hydrogens (tertiary/aromatic N) is 2. The molecule has 3 rings (SSSR count). The van der Waals surface area contributed by atoms with Crippen LogP contribution in [0.1, 0.15) is 72.8 Å². The van der Waals surface area contributed by atoms with Crippen LogP contribution in [0.25, 0.3) is 11.3 Å². The molecule has 0 aliphatic rings. The first-order valence-electron chi connectivity index (χ1n) is 12.0. The Bertz CT molecular complexity index is 1180. The van der Waals surface area contributed by atoms with Crippen molar-refractivity contribution in [3.63, 3.8) is 0 Å². The zero-order chi connectivity index (χ0) is 26.0. The molecule has 1 amide bonds. The summed E-state index contributed by atoms with van der Waals surface area (Å²) in [5, 5.41) is 12.1. The van der Waals surface area contributed by atoms with Gasteiger partial charge in [0.25, 0.3) is 5.91 Å². The number of aromatic nitrogens is 1. The second-order valence-electron chi connectivity index (χ2n) is 8.03. The largest absolute Gasteiger partial charge is 0.495 e. The van der Waals surface area contributed by atoms with E-state index in [4.69, 9.17) is 9.72 Å². The van der Waals surface area contributed by atoms with E-state index in [0.717, 1.165) is 28.9 Å². The first kappa shape index (κ1) is 27.5. The molecule has 5 nitrogen and oxygen atoms in total. The minimum absolute atomic E-state index is 0.262. The molecule has 2 aromatic carbocycles. The molecular formula is C29H34FN3O2. The van der Waals surface area contributed by atoms with Gasteiger partial charge in [0.15, 0.2) is 0 Å². The maximum atomic E-state index is 13.4. The number of hydrogen-bond acceptors (Lipinski definition) is 4. The topological polar surface area (TPSA) is 75.0 Å². The number of rotatable bonds is 8. The Hall–Kier alpha value is -3.72. The van der Waals surface area contributed by atoms with Gasteiger partial charge in [-0.15, -0.1) is 0 Å². The predicted octanol–water partition coefficient (Wildman–Crippen LogP) is 6.59. The fourth-order valence-corrected chi connectivity index (χ4v) is 3.78. The highest BCUT2D eigenvalue weighted by Gasteiger charge is 2.16. The third-order valence-electron chi connectivity index (χ3n) is 5.88. The van der Waals surface area contributed by atoms with Crippen molar-refractivity contribution in [3.05, 3.63) is 82.3 Å². The zero-order valence-electron chi connectivity index (χ0n) is 21.4. The summed E-state index contributed by atoms with van der Waals surface area (Å²) in [7, 11) is 1.48. The fraction of sp³-hybridized carbons (Fsp3) is 0.345. The smallest absolute Gasteiger partial charge is 0.251 e. The van der Waals surface area contributed by atoms with Gasteiger partial charge >= 0.3 is 0 Å². The lowest BCUT2D eigenvalue weighted by Crippen LogP contribution is -2.26. The molecule has 0 bridgehead atoms. The van der Waals surface area contributed by atoms with E-state index in [1.807, 2.05) is 19.9 Å². The number of ether oxygens (including phenoxy) is 1. The van der Waals surface area contributed by atoms with Crippen LogP contribution in [0, 0.1) is 24.1 Å². The molecule has 1 atom stereocenters. The van der Waals surface area contributed by atoms with Crippen LogP contribution < -0.4 is 10.1 Å². The van der Waals surface area contributed by atoms with Crippen LogP contribution in [0.4, 0.5) is 4.39 Å². The van der Waals surface area contributed by atoms with Crippen molar-refractivity contribution in [1.82, 2.24) is 10.3 Å². The molecule has 3 aromatic rings. The maximum absolute atomic E-state index is 13.4. The fourth-order valence-electron chi connectivity index (χ4n) is 3.78. The number of carbonyl (C=O) groups excluding carboxylic acids is 1. The second-order valence-corrected chi connectivity index (χ2v) is 8.03. The molecule has 1 aromatic heterocycles. The molecule has 0 aliphatic carbocycles. The molecule has 0 saturated heterocycles. The number of hydrogen-bond donors (Lipinski definition) is 1. The van der Waals surface area contributed by atoms with E-state index in [-0.39, 0.29) is 11.7 Å².